The first-order valence-electron chi connectivity index (χ1n) is 13.6. The molecule has 14 heteroatoms. The van der Waals surface area contributed by atoms with E-state index < -0.39 is 41.0 Å². The van der Waals surface area contributed by atoms with Gasteiger partial charge in [-0.2, -0.15) is 26.3 Å². The number of benzene rings is 2. The summed E-state index contributed by atoms with van der Waals surface area (Å²) >= 11 is 0. The Morgan fingerprint density at radius 1 is 1.05 bits per heavy atom. The molecule has 5 rings (SSSR count). The Labute approximate surface area is 247 Å². The van der Waals surface area contributed by atoms with E-state index in [2.05, 4.69) is 10.3 Å². The first kappa shape index (κ1) is 31.1. The van der Waals surface area contributed by atoms with Crippen LogP contribution < -0.4 is 14.8 Å². The molecule has 8 nitrogen and oxygen atoms in total. The second kappa shape index (κ2) is 11.0. The summed E-state index contributed by atoms with van der Waals surface area (Å²) in [6.07, 6.45) is -9.67. The lowest BCUT2D eigenvalue weighted by Crippen LogP contribution is -2.53. The van der Waals surface area contributed by atoms with Crippen LogP contribution in [0.15, 0.2) is 54.7 Å². The van der Waals surface area contributed by atoms with Gasteiger partial charge in [0.15, 0.2) is 0 Å². The monoisotopic (exact) mass is 623 g/mol. The van der Waals surface area contributed by atoms with E-state index in [1.807, 2.05) is 6.07 Å². The summed E-state index contributed by atoms with van der Waals surface area (Å²) in [4.78, 5) is 31.4. The maximum Gasteiger partial charge on any atom is 0.430 e. The van der Waals surface area contributed by atoms with E-state index in [1.54, 1.807) is 26.0 Å². The number of nitrogens with zero attached hydrogens (tertiary/aromatic N) is 2. The van der Waals surface area contributed by atoms with Crippen LogP contribution in [0.4, 0.5) is 31.1 Å². The average Bonchev–Trinajstić information content (AvgIpc) is 3.51. The lowest BCUT2D eigenvalue weighted by atomic mass is 9.90. The van der Waals surface area contributed by atoms with Crippen molar-refractivity contribution in [3.05, 3.63) is 82.7 Å². The van der Waals surface area contributed by atoms with E-state index >= 15 is 0 Å². The number of ether oxygens (including phenoxy) is 2. The van der Waals surface area contributed by atoms with Gasteiger partial charge in [0.2, 0.25) is 0 Å². The largest absolute Gasteiger partial charge is 0.493 e. The number of pyridine rings is 1. The van der Waals surface area contributed by atoms with E-state index in [9.17, 15) is 41.0 Å². The normalized spacial score (nSPS) is 18.7. The minimum absolute atomic E-state index is 0.0118. The molecule has 0 bridgehead atoms. The highest BCUT2D eigenvalue weighted by atomic mass is 19.4. The second-order valence-electron chi connectivity index (χ2n) is 10.7. The number of aromatic nitrogens is 1. The Hall–Kier alpha value is -4.33. The van der Waals surface area contributed by atoms with Crippen molar-refractivity contribution in [3.63, 3.8) is 0 Å². The predicted octanol–water partition coefficient (Wildman–Crippen LogP) is 6.04. The zero-order valence-corrected chi connectivity index (χ0v) is 23.5. The molecule has 1 unspecified atom stereocenters. The fraction of sp³-hybridized carbons (Fsp3) is 0.367. The summed E-state index contributed by atoms with van der Waals surface area (Å²) in [5, 5.41) is 12.5. The molecule has 0 saturated carbocycles. The van der Waals surface area contributed by atoms with Gasteiger partial charge in [0, 0.05) is 12.0 Å². The number of fused-ring (bicyclic) bond motifs is 1. The van der Waals surface area contributed by atoms with Crippen LogP contribution in [0.25, 0.3) is 0 Å². The Balaban J connectivity index is 1.33. The maximum absolute atomic E-state index is 13.4. The third kappa shape index (κ3) is 5.31. The molecule has 2 N–H and O–H groups in total. The molecule has 2 aromatic carbocycles. The average molecular weight is 624 g/mol. The maximum atomic E-state index is 13.4. The summed E-state index contributed by atoms with van der Waals surface area (Å²) < 4.78 is 91.6. The van der Waals surface area contributed by atoms with Crippen molar-refractivity contribution in [3.8, 4) is 17.2 Å². The van der Waals surface area contributed by atoms with Gasteiger partial charge in [-0.3, -0.25) is 14.7 Å². The highest BCUT2D eigenvalue weighted by Crippen LogP contribution is 2.50. The number of imide groups is 1. The number of nitrogens with one attached hydrogen (secondary N) is 1. The molecule has 2 aliphatic heterocycles. The van der Waals surface area contributed by atoms with Gasteiger partial charge in [-0.25, -0.2) is 4.79 Å². The minimum Gasteiger partial charge on any atom is -0.493 e. The van der Waals surface area contributed by atoms with E-state index in [-0.39, 0.29) is 30.0 Å². The number of carbonyl (C=O) groups excluding carboxylic acids is 2. The molecule has 234 valence electrons. The van der Waals surface area contributed by atoms with E-state index in [0.717, 1.165) is 22.3 Å². The van der Waals surface area contributed by atoms with Crippen molar-refractivity contribution in [2.24, 2.45) is 0 Å². The third-order valence-electron chi connectivity index (χ3n) is 7.71. The van der Waals surface area contributed by atoms with Crippen LogP contribution in [-0.4, -0.2) is 45.9 Å². The summed E-state index contributed by atoms with van der Waals surface area (Å²) in [6.45, 7) is 3.65. The Kier molecular flexibility index (Phi) is 7.77. The highest BCUT2D eigenvalue weighted by Gasteiger charge is 2.71. The number of aliphatic hydroxyl groups is 1. The number of halogens is 6. The number of aryl methyl sites for hydroxylation is 1. The molecule has 3 amide bonds. The van der Waals surface area contributed by atoms with Gasteiger partial charge in [0.05, 0.1) is 25.0 Å². The number of amides is 3. The van der Waals surface area contributed by atoms with Crippen molar-refractivity contribution >= 4 is 11.9 Å². The molecule has 2 aliphatic rings. The molecule has 1 saturated heterocycles. The summed E-state index contributed by atoms with van der Waals surface area (Å²) in [5.74, 6) is 0.328. The molecule has 3 heterocycles. The molecule has 0 radical (unpaired) electrons. The quantitative estimate of drug-likeness (QED) is 0.235. The number of alkyl halides is 6. The molecular formula is C30H27F6N3O5. The zero-order valence-electron chi connectivity index (χ0n) is 23.5. The topological polar surface area (TPSA) is 101 Å². The van der Waals surface area contributed by atoms with Crippen molar-refractivity contribution in [2.45, 2.75) is 63.1 Å². The fourth-order valence-electron chi connectivity index (χ4n) is 5.24. The highest BCUT2D eigenvalue weighted by molar-refractivity contribution is 6.07. The van der Waals surface area contributed by atoms with Crippen molar-refractivity contribution in [1.29, 1.82) is 0 Å². The zero-order chi connectivity index (χ0) is 32.1. The molecule has 1 fully saturated rings. The van der Waals surface area contributed by atoms with Gasteiger partial charge in [-0.15, -0.1) is 0 Å². The van der Waals surface area contributed by atoms with Gasteiger partial charge >= 0.3 is 18.4 Å². The van der Waals surface area contributed by atoms with Crippen LogP contribution >= 0.6 is 0 Å². The smallest absolute Gasteiger partial charge is 0.430 e. The van der Waals surface area contributed by atoms with Crippen LogP contribution in [0.1, 0.15) is 48.2 Å². The fourth-order valence-corrected chi connectivity index (χ4v) is 5.24. The van der Waals surface area contributed by atoms with Crippen molar-refractivity contribution in [2.75, 3.05) is 6.61 Å². The molecule has 1 aromatic heterocycles. The van der Waals surface area contributed by atoms with Crippen LogP contribution in [-0.2, 0) is 35.3 Å². The van der Waals surface area contributed by atoms with Crippen LogP contribution in [0.3, 0.4) is 0 Å². The molecule has 44 heavy (non-hydrogen) atoms. The first-order valence-corrected chi connectivity index (χ1v) is 13.6. The second-order valence-corrected chi connectivity index (χ2v) is 10.7. The number of hydrogen-bond acceptors (Lipinski definition) is 6. The number of rotatable bonds is 8. The van der Waals surface area contributed by atoms with E-state index in [1.165, 1.54) is 18.3 Å². The van der Waals surface area contributed by atoms with E-state index in [0.29, 0.717) is 42.8 Å². The first-order chi connectivity index (χ1) is 20.6. The van der Waals surface area contributed by atoms with E-state index in [4.69, 9.17) is 9.47 Å². The Morgan fingerprint density at radius 3 is 2.41 bits per heavy atom. The molecule has 0 spiro atoms. The van der Waals surface area contributed by atoms with Gasteiger partial charge in [0.1, 0.15) is 22.8 Å². The minimum atomic E-state index is -6.02. The summed E-state index contributed by atoms with van der Waals surface area (Å²) in [6, 6.07) is 9.68. The van der Waals surface area contributed by atoms with Crippen LogP contribution in [0, 0.1) is 0 Å². The lowest BCUT2D eigenvalue weighted by Gasteiger charge is -2.33. The number of carbonyl (C=O) groups is 2. The summed E-state index contributed by atoms with van der Waals surface area (Å²) in [7, 11) is 0. The van der Waals surface area contributed by atoms with Crippen LogP contribution in [0.2, 0.25) is 0 Å². The van der Waals surface area contributed by atoms with Gasteiger partial charge in [-0.1, -0.05) is 25.5 Å². The lowest BCUT2D eigenvalue weighted by molar-refractivity contribution is -0.376. The molecular weight excluding hydrogens is 596 g/mol. The Morgan fingerprint density at radius 2 is 1.77 bits per heavy atom. The molecule has 0 aliphatic carbocycles. The molecule has 3 aromatic rings. The van der Waals surface area contributed by atoms with Gasteiger partial charge < -0.3 is 19.9 Å². The number of urea groups is 1. The standard InChI is InChI=1S/C30H27F6N3O5/c1-3-4-17-14-20(28(42,29(31,32)33)30(34,35)36)6-10-24(17)44-22-8-7-21(37-15-22)16-39-25(40)27(2,38-26(39)41)19-5-9-23-18(13-19)11-12-43-23/h5-10,13-15,42H,3-4,11-12,16H2,1-2H3,(H,38,41). The van der Waals surface area contributed by atoms with Crippen LogP contribution in [0.5, 0.6) is 17.2 Å². The van der Waals surface area contributed by atoms with Gasteiger partial charge in [-0.05, 0) is 66.4 Å². The SMILES string of the molecule is CCCc1cc(C(O)(C(F)(F)F)C(F)(F)F)ccc1Oc1ccc(CN2C(=O)NC(C)(c3ccc4c(c3)CCO4)C2=O)nc1. The Bertz CT molecular complexity index is 1580. The molecule has 1 atom stereocenters. The third-order valence-corrected chi connectivity index (χ3v) is 7.71. The predicted molar refractivity (Wildman–Crippen MR) is 143 cm³/mol. The van der Waals surface area contributed by atoms with Crippen molar-refractivity contribution < 1.29 is 50.5 Å². The number of hydrogen-bond donors (Lipinski definition) is 2. The summed E-state index contributed by atoms with van der Waals surface area (Å²) in [5.41, 5.74) is -5.87. The van der Waals surface area contributed by atoms with Crippen molar-refractivity contribution in [1.82, 2.24) is 15.2 Å². The van der Waals surface area contributed by atoms with Gasteiger partial charge in [0.25, 0.3) is 11.5 Å².